The van der Waals surface area contributed by atoms with E-state index in [4.69, 9.17) is 0 Å². The van der Waals surface area contributed by atoms with Crippen LogP contribution in [0.3, 0.4) is 0 Å². The number of benzene rings is 1. The average molecular weight is 319 g/mol. The molecule has 1 N–H and O–H groups in total. The van der Waals surface area contributed by atoms with Gasteiger partial charge in [0.05, 0.1) is 6.04 Å². The van der Waals surface area contributed by atoms with Gasteiger partial charge >= 0.3 is 0 Å². The number of halogens is 1. The number of nitrogens with zero attached hydrogens (tertiary/aromatic N) is 1. The highest BCUT2D eigenvalue weighted by atomic mass is 79.9. The van der Waals surface area contributed by atoms with E-state index in [2.05, 4.69) is 26.2 Å². The van der Waals surface area contributed by atoms with Crippen molar-refractivity contribution in [2.75, 3.05) is 0 Å². The molecule has 0 aliphatic rings. The van der Waals surface area contributed by atoms with Gasteiger partial charge in [-0.3, -0.25) is 9.78 Å². The Morgan fingerprint density at radius 3 is 2.79 bits per heavy atom. The van der Waals surface area contributed by atoms with E-state index in [1.807, 2.05) is 44.2 Å². The Morgan fingerprint density at radius 2 is 2.16 bits per heavy atom. The molecule has 1 aromatic heterocycles. The van der Waals surface area contributed by atoms with Crippen LogP contribution in [0, 0.1) is 6.92 Å². The Balaban J connectivity index is 2.13. The minimum atomic E-state index is -0.0826. The lowest BCUT2D eigenvalue weighted by Gasteiger charge is -2.14. The highest BCUT2D eigenvalue weighted by Crippen LogP contribution is 2.17. The maximum Gasteiger partial charge on any atom is 0.251 e. The quantitative estimate of drug-likeness (QED) is 0.938. The van der Waals surface area contributed by atoms with Crippen LogP contribution in [-0.2, 0) is 0 Å². The molecule has 0 radical (unpaired) electrons. The summed E-state index contributed by atoms with van der Waals surface area (Å²) in [6.07, 6.45) is 3.48. The fourth-order valence-electron chi connectivity index (χ4n) is 1.86. The predicted molar refractivity (Wildman–Crippen MR) is 79.0 cm³/mol. The molecule has 4 heteroatoms. The average Bonchev–Trinajstić information content (AvgIpc) is 2.38. The van der Waals surface area contributed by atoms with Crippen molar-refractivity contribution in [2.45, 2.75) is 19.9 Å². The maximum atomic E-state index is 12.2. The third-order valence-electron chi connectivity index (χ3n) is 2.84. The number of pyridine rings is 1. The van der Waals surface area contributed by atoms with Crippen molar-refractivity contribution in [3.05, 3.63) is 63.9 Å². The van der Waals surface area contributed by atoms with Gasteiger partial charge in [0.15, 0.2) is 0 Å². The largest absolute Gasteiger partial charge is 0.345 e. The third-order valence-corrected chi connectivity index (χ3v) is 3.29. The summed E-state index contributed by atoms with van der Waals surface area (Å²) in [5.74, 6) is -0.0826. The van der Waals surface area contributed by atoms with Crippen molar-refractivity contribution in [1.82, 2.24) is 10.3 Å². The van der Waals surface area contributed by atoms with Gasteiger partial charge in [-0.1, -0.05) is 22.0 Å². The minimum Gasteiger partial charge on any atom is -0.345 e. The van der Waals surface area contributed by atoms with Gasteiger partial charge in [-0.2, -0.15) is 0 Å². The summed E-state index contributed by atoms with van der Waals surface area (Å²) < 4.78 is 0.909. The number of hydrogen-bond acceptors (Lipinski definition) is 2. The van der Waals surface area contributed by atoms with E-state index in [1.165, 1.54) is 0 Å². The monoisotopic (exact) mass is 318 g/mol. The van der Waals surface area contributed by atoms with Crippen molar-refractivity contribution in [3.8, 4) is 0 Å². The molecule has 2 rings (SSSR count). The Labute approximate surface area is 121 Å². The van der Waals surface area contributed by atoms with E-state index in [9.17, 15) is 4.79 Å². The molecule has 2 aromatic rings. The molecule has 0 spiro atoms. The third kappa shape index (κ3) is 3.64. The first kappa shape index (κ1) is 13.7. The molecule has 19 heavy (non-hydrogen) atoms. The number of aryl methyl sites for hydroxylation is 1. The van der Waals surface area contributed by atoms with Crippen LogP contribution in [0.5, 0.6) is 0 Å². The fraction of sp³-hybridized carbons (Fsp3) is 0.200. The van der Waals surface area contributed by atoms with E-state index in [0.717, 1.165) is 15.6 Å². The predicted octanol–water partition coefficient (Wildman–Crippen LogP) is 3.64. The molecular formula is C15H15BrN2O. The van der Waals surface area contributed by atoms with E-state index in [-0.39, 0.29) is 11.9 Å². The smallest absolute Gasteiger partial charge is 0.251 e. The van der Waals surface area contributed by atoms with Gasteiger partial charge in [-0.25, -0.2) is 0 Å². The SMILES string of the molecule is Cc1cc(Br)cc(C(=O)NC(C)c2cccnc2)c1. The number of rotatable bonds is 3. The second-order valence-electron chi connectivity index (χ2n) is 4.50. The summed E-state index contributed by atoms with van der Waals surface area (Å²) in [6, 6.07) is 9.40. The Morgan fingerprint density at radius 1 is 1.37 bits per heavy atom. The number of carbonyl (C=O) groups is 1. The summed E-state index contributed by atoms with van der Waals surface area (Å²) in [5, 5.41) is 2.97. The molecule has 0 bridgehead atoms. The molecule has 0 aliphatic heterocycles. The molecule has 1 unspecified atom stereocenters. The van der Waals surface area contributed by atoms with Crippen molar-refractivity contribution < 1.29 is 4.79 Å². The van der Waals surface area contributed by atoms with Crippen LogP contribution in [0.2, 0.25) is 0 Å². The van der Waals surface area contributed by atoms with E-state index in [1.54, 1.807) is 12.4 Å². The summed E-state index contributed by atoms with van der Waals surface area (Å²) in [6.45, 7) is 3.91. The van der Waals surface area contributed by atoms with Crippen LogP contribution in [0.4, 0.5) is 0 Å². The highest BCUT2D eigenvalue weighted by molar-refractivity contribution is 9.10. The standard InChI is InChI=1S/C15H15BrN2O/c1-10-6-13(8-14(16)7-10)15(19)18-11(2)12-4-3-5-17-9-12/h3-9,11H,1-2H3,(H,18,19). The first-order chi connectivity index (χ1) is 9.06. The van der Waals surface area contributed by atoms with Crippen molar-refractivity contribution in [1.29, 1.82) is 0 Å². The second-order valence-corrected chi connectivity index (χ2v) is 5.41. The number of amides is 1. The molecule has 0 saturated carbocycles. The van der Waals surface area contributed by atoms with Gasteiger partial charge < -0.3 is 5.32 Å². The lowest BCUT2D eigenvalue weighted by Crippen LogP contribution is -2.26. The maximum absolute atomic E-state index is 12.2. The summed E-state index contributed by atoms with van der Waals surface area (Å²) in [5.41, 5.74) is 2.69. The summed E-state index contributed by atoms with van der Waals surface area (Å²) >= 11 is 3.40. The molecule has 1 heterocycles. The molecule has 1 aromatic carbocycles. The summed E-state index contributed by atoms with van der Waals surface area (Å²) in [4.78, 5) is 16.2. The first-order valence-electron chi connectivity index (χ1n) is 6.04. The van der Waals surface area contributed by atoms with Crippen LogP contribution in [-0.4, -0.2) is 10.9 Å². The van der Waals surface area contributed by atoms with Crippen LogP contribution < -0.4 is 5.32 Å². The van der Waals surface area contributed by atoms with Gasteiger partial charge in [0.2, 0.25) is 0 Å². The second kappa shape index (κ2) is 5.97. The number of carbonyl (C=O) groups excluding carboxylic acids is 1. The first-order valence-corrected chi connectivity index (χ1v) is 6.83. The molecule has 3 nitrogen and oxygen atoms in total. The fourth-order valence-corrected chi connectivity index (χ4v) is 2.47. The summed E-state index contributed by atoms with van der Waals surface area (Å²) in [7, 11) is 0. The van der Waals surface area contributed by atoms with E-state index < -0.39 is 0 Å². The van der Waals surface area contributed by atoms with E-state index >= 15 is 0 Å². The number of aromatic nitrogens is 1. The normalized spacial score (nSPS) is 11.9. The van der Waals surface area contributed by atoms with Gasteiger partial charge in [0.1, 0.15) is 0 Å². The van der Waals surface area contributed by atoms with Gasteiger partial charge in [0, 0.05) is 22.4 Å². The molecule has 98 valence electrons. The molecule has 0 saturated heterocycles. The molecule has 0 aliphatic carbocycles. The van der Waals surface area contributed by atoms with Gasteiger partial charge in [0.25, 0.3) is 5.91 Å². The van der Waals surface area contributed by atoms with Crippen LogP contribution in [0.1, 0.15) is 34.5 Å². The minimum absolute atomic E-state index is 0.0690. The lowest BCUT2D eigenvalue weighted by atomic mass is 10.1. The molecule has 1 amide bonds. The van der Waals surface area contributed by atoms with Crippen LogP contribution >= 0.6 is 15.9 Å². The molecule has 1 atom stereocenters. The van der Waals surface area contributed by atoms with Crippen molar-refractivity contribution >= 4 is 21.8 Å². The number of nitrogens with one attached hydrogen (secondary N) is 1. The zero-order chi connectivity index (χ0) is 13.8. The highest BCUT2D eigenvalue weighted by Gasteiger charge is 2.12. The van der Waals surface area contributed by atoms with Crippen molar-refractivity contribution in [2.24, 2.45) is 0 Å². The molecular weight excluding hydrogens is 304 g/mol. The Hall–Kier alpha value is -1.68. The topological polar surface area (TPSA) is 42.0 Å². The zero-order valence-corrected chi connectivity index (χ0v) is 12.4. The van der Waals surface area contributed by atoms with Crippen molar-refractivity contribution in [3.63, 3.8) is 0 Å². The Kier molecular flexibility index (Phi) is 4.32. The zero-order valence-electron chi connectivity index (χ0n) is 10.9. The Bertz CT molecular complexity index is 564. The lowest BCUT2D eigenvalue weighted by molar-refractivity contribution is 0.0939. The van der Waals surface area contributed by atoms with Crippen LogP contribution in [0.15, 0.2) is 47.2 Å². The molecule has 0 fully saturated rings. The van der Waals surface area contributed by atoms with Gasteiger partial charge in [-0.15, -0.1) is 0 Å². The van der Waals surface area contributed by atoms with Gasteiger partial charge in [-0.05, 0) is 49.2 Å². The van der Waals surface area contributed by atoms with Crippen LogP contribution in [0.25, 0.3) is 0 Å². The number of hydrogen-bond donors (Lipinski definition) is 1. The van der Waals surface area contributed by atoms with E-state index in [0.29, 0.717) is 5.56 Å².